The number of rotatable bonds is 4. The van der Waals surface area contributed by atoms with Gasteiger partial charge in [0, 0.05) is 16.9 Å². The van der Waals surface area contributed by atoms with Gasteiger partial charge in [-0.3, -0.25) is 0 Å². The number of hydrogen-bond donors (Lipinski definition) is 0. The summed E-state index contributed by atoms with van der Waals surface area (Å²) in [7, 11) is -1.68. The summed E-state index contributed by atoms with van der Waals surface area (Å²) in [5.41, 5.74) is 10.9. The smallest absolute Gasteiger partial charge is 0.394 e. The van der Waals surface area contributed by atoms with E-state index in [0.717, 1.165) is 22.7 Å². The molecule has 3 aromatic rings. The van der Waals surface area contributed by atoms with Gasteiger partial charge in [-0.05, 0) is 93.2 Å². The average molecular weight is 493 g/mol. The second-order valence-corrected chi connectivity index (χ2v) is 12.1. The molecule has 0 radical (unpaired) electrons. The predicted molar refractivity (Wildman–Crippen MR) is 149 cm³/mol. The van der Waals surface area contributed by atoms with E-state index in [-0.39, 0.29) is 5.92 Å². The molecule has 0 fully saturated rings. The molecule has 3 atom stereocenters. The second-order valence-electron chi connectivity index (χ2n) is 11.1. The molecule has 0 aliphatic heterocycles. The highest BCUT2D eigenvalue weighted by atomic mass is 31.1. The van der Waals surface area contributed by atoms with Crippen molar-refractivity contribution >= 4 is 24.8 Å². The number of aryl methyl sites for hydroxylation is 4. The van der Waals surface area contributed by atoms with Crippen molar-refractivity contribution in [2.45, 2.75) is 88.0 Å². The van der Waals surface area contributed by atoms with Crippen LogP contribution in [0, 0.1) is 39.5 Å². The molecule has 1 aliphatic rings. The third-order valence-electron chi connectivity index (χ3n) is 8.00. The van der Waals surface area contributed by atoms with Crippen molar-refractivity contribution in [3.63, 3.8) is 0 Å². The van der Waals surface area contributed by atoms with E-state index in [1.54, 1.807) is 0 Å². The Morgan fingerprint density at radius 3 is 2.17 bits per heavy atom. The van der Waals surface area contributed by atoms with Crippen LogP contribution in [0.5, 0.6) is 5.75 Å². The quantitative estimate of drug-likeness (QED) is 0.363. The van der Waals surface area contributed by atoms with E-state index < -0.39 is 8.24 Å². The molecule has 35 heavy (non-hydrogen) atoms. The van der Waals surface area contributed by atoms with Gasteiger partial charge in [0.1, 0.15) is 17.1 Å². The molecule has 0 saturated heterocycles. The van der Waals surface area contributed by atoms with Crippen molar-refractivity contribution in [3.8, 4) is 5.75 Å². The fraction of sp³-hybridized carbons (Fsp3) is 0.484. The largest absolute Gasteiger partial charge is 0.452 e. The molecule has 3 unspecified atom stereocenters. The lowest BCUT2D eigenvalue weighted by atomic mass is 9.70. The molecule has 0 bridgehead atoms. The molecule has 2 aromatic carbocycles. The third-order valence-corrected chi connectivity index (χ3v) is 9.02. The van der Waals surface area contributed by atoms with E-state index in [0.29, 0.717) is 17.8 Å². The highest BCUT2D eigenvalue weighted by molar-refractivity contribution is 7.32. The molecule has 1 aliphatic carbocycles. The molecule has 0 amide bonds. The van der Waals surface area contributed by atoms with Crippen molar-refractivity contribution in [1.29, 1.82) is 0 Å². The van der Waals surface area contributed by atoms with Gasteiger partial charge in [0.25, 0.3) is 0 Å². The fourth-order valence-corrected chi connectivity index (χ4v) is 6.82. The maximum atomic E-state index is 6.85. The topological polar surface area (TPSA) is 35.5 Å². The Balaban J connectivity index is 2.18. The number of hydrogen-bond acceptors (Lipinski definition) is 3. The molecule has 1 heterocycles. The lowest BCUT2D eigenvalue weighted by molar-refractivity contribution is 0.335. The lowest BCUT2D eigenvalue weighted by Gasteiger charge is -2.34. The van der Waals surface area contributed by atoms with Gasteiger partial charge in [-0.25, -0.2) is 0 Å². The SMILES string of the molecule is CC1=C(C)C(C)C(C(C)C)c2op(Oc3ccc(C)cc3C)oc3c(C(C)C)cc(C)c(C)c3c21. The Bertz CT molecular complexity index is 1360. The third kappa shape index (κ3) is 4.49. The minimum Gasteiger partial charge on any atom is -0.394 e. The molecular weight excluding hydrogens is 451 g/mol. The summed E-state index contributed by atoms with van der Waals surface area (Å²) < 4.78 is 20.1. The Labute approximate surface area is 212 Å². The predicted octanol–water partition coefficient (Wildman–Crippen LogP) is 10.5. The molecule has 0 spiro atoms. The van der Waals surface area contributed by atoms with Crippen LogP contribution in [0.15, 0.2) is 38.2 Å². The summed E-state index contributed by atoms with van der Waals surface area (Å²) in [6, 6.07) is 8.54. The monoisotopic (exact) mass is 492 g/mol. The van der Waals surface area contributed by atoms with Crippen LogP contribution in [-0.2, 0) is 0 Å². The second kappa shape index (κ2) is 9.58. The average Bonchev–Trinajstić information content (AvgIpc) is 2.93. The number of benzene rings is 2. The van der Waals surface area contributed by atoms with Gasteiger partial charge in [0.15, 0.2) is 0 Å². The first-order chi connectivity index (χ1) is 16.4. The lowest BCUT2D eigenvalue weighted by Crippen LogP contribution is -2.22. The zero-order chi connectivity index (χ0) is 25.8. The zero-order valence-electron chi connectivity index (χ0n) is 23.3. The van der Waals surface area contributed by atoms with Gasteiger partial charge in [-0.2, -0.15) is 0 Å². The Hall–Kier alpha value is -2.38. The van der Waals surface area contributed by atoms with Gasteiger partial charge in [-0.15, -0.1) is 0 Å². The van der Waals surface area contributed by atoms with E-state index in [1.807, 2.05) is 6.07 Å². The van der Waals surface area contributed by atoms with E-state index in [2.05, 4.69) is 94.4 Å². The van der Waals surface area contributed by atoms with Gasteiger partial charge in [0.2, 0.25) is 0 Å². The van der Waals surface area contributed by atoms with Crippen molar-refractivity contribution in [2.24, 2.45) is 11.8 Å². The van der Waals surface area contributed by atoms with E-state index >= 15 is 0 Å². The summed E-state index contributed by atoms with van der Waals surface area (Å²) in [6.07, 6.45) is 0. The Morgan fingerprint density at radius 1 is 0.886 bits per heavy atom. The zero-order valence-corrected chi connectivity index (χ0v) is 24.2. The van der Waals surface area contributed by atoms with Crippen LogP contribution in [-0.4, -0.2) is 0 Å². The van der Waals surface area contributed by atoms with Crippen LogP contribution in [0.1, 0.15) is 99.4 Å². The van der Waals surface area contributed by atoms with Gasteiger partial charge >= 0.3 is 8.24 Å². The Kier molecular flexibility index (Phi) is 7.04. The minimum absolute atomic E-state index is 0.262. The minimum atomic E-state index is -1.68. The van der Waals surface area contributed by atoms with Crippen LogP contribution in [0.2, 0.25) is 0 Å². The molecule has 0 saturated carbocycles. The highest BCUT2D eigenvalue weighted by Gasteiger charge is 2.36. The first-order valence-electron chi connectivity index (χ1n) is 12.9. The highest BCUT2D eigenvalue weighted by Crippen LogP contribution is 2.51. The fourth-order valence-electron chi connectivity index (χ4n) is 5.62. The maximum Gasteiger partial charge on any atom is 0.452 e. The summed E-state index contributed by atoms with van der Waals surface area (Å²) in [5, 5.41) is 1.19. The van der Waals surface area contributed by atoms with Crippen molar-refractivity contribution in [1.82, 2.24) is 0 Å². The van der Waals surface area contributed by atoms with E-state index in [4.69, 9.17) is 12.9 Å². The Morgan fingerprint density at radius 2 is 1.57 bits per heavy atom. The van der Waals surface area contributed by atoms with Crippen molar-refractivity contribution < 1.29 is 12.9 Å². The van der Waals surface area contributed by atoms with Crippen molar-refractivity contribution in [3.05, 3.63) is 69.0 Å². The van der Waals surface area contributed by atoms with E-state index in [9.17, 15) is 0 Å². The first kappa shape index (κ1) is 25.7. The first-order valence-corrected chi connectivity index (χ1v) is 14.0. The number of allylic oxidation sites excluding steroid dienone is 2. The van der Waals surface area contributed by atoms with Gasteiger partial charge < -0.3 is 12.9 Å². The normalized spacial score (nSPS) is 18.5. The maximum absolute atomic E-state index is 6.85. The standard InChI is InChI=1S/C31H41O3P/c1-16(2)25-15-19(6)21(8)28-29-24(11)22(9)23(10)27(17(3)4)31(29)34-35(33-30(25)28)32-26-13-12-18(5)14-20(26)7/h12-17,23,27H,1-11H3. The molecule has 4 rings (SSSR count). The molecule has 4 heteroatoms. The van der Waals surface area contributed by atoms with Crippen molar-refractivity contribution in [2.75, 3.05) is 0 Å². The molecular formula is C31H41O3P. The molecule has 1 aromatic heterocycles. The summed E-state index contributed by atoms with van der Waals surface area (Å²) in [6.45, 7) is 24.5. The molecule has 3 nitrogen and oxygen atoms in total. The van der Waals surface area contributed by atoms with Crippen LogP contribution in [0.4, 0.5) is 0 Å². The summed E-state index contributed by atoms with van der Waals surface area (Å²) in [4.78, 5) is 0. The van der Waals surface area contributed by atoms with Gasteiger partial charge in [-0.1, -0.05) is 64.0 Å². The van der Waals surface area contributed by atoms with Crippen LogP contribution >= 0.6 is 8.24 Å². The van der Waals surface area contributed by atoms with Crippen LogP contribution in [0.3, 0.4) is 0 Å². The van der Waals surface area contributed by atoms with Crippen LogP contribution < -0.4 is 4.52 Å². The molecule has 0 N–H and O–H groups in total. The van der Waals surface area contributed by atoms with Crippen LogP contribution in [0.25, 0.3) is 16.5 Å². The number of fused-ring (bicyclic) bond motifs is 3. The van der Waals surface area contributed by atoms with Gasteiger partial charge in [0.05, 0.1) is 0 Å². The summed E-state index contributed by atoms with van der Waals surface area (Å²) in [5.74, 6) is 3.25. The van der Waals surface area contributed by atoms with E-state index in [1.165, 1.54) is 44.3 Å². The molecule has 188 valence electrons. The summed E-state index contributed by atoms with van der Waals surface area (Å²) >= 11 is 0.